The van der Waals surface area contributed by atoms with Crippen LogP contribution in [0.4, 0.5) is 11.4 Å². The van der Waals surface area contributed by atoms with Crippen molar-refractivity contribution < 1.29 is 8.42 Å². The highest BCUT2D eigenvalue weighted by atomic mass is 32.2. The van der Waals surface area contributed by atoms with E-state index >= 15 is 0 Å². The summed E-state index contributed by atoms with van der Waals surface area (Å²) < 4.78 is 28.4. The Balaban J connectivity index is 1.68. The van der Waals surface area contributed by atoms with Gasteiger partial charge in [-0.1, -0.05) is 18.2 Å². The normalized spacial score (nSPS) is 21.4. The molecule has 4 nitrogen and oxygen atoms in total. The molecule has 0 spiro atoms. The molecule has 25 heavy (non-hydrogen) atoms. The topological polar surface area (TPSA) is 58.2 Å². The van der Waals surface area contributed by atoms with E-state index in [1.807, 2.05) is 38.1 Å². The largest absolute Gasteiger partial charge is 0.384 e. The molecule has 0 aromatic heterocycles. The van der Waals surface area contributed by atoms with Crippen LogP contribution in [-0.4, -0.2) is 15.0 Å². The fraction of sp³-hybridized carbons (Fsp3) is 0.300. The van der Waals surface area contributed by atoms with Crippen LogP contribution in [0, 0.1) is 19.8 Å². The number of benzene rings is 2. The van der Waals surface area contributed by atoms with Gasteiger partial charge in [-0.2, -0.15) is 0 Å². The highest BCUT2D eigenvalue weighted by Gasteiger charge is 2.31. The van der Waals surface area contributed by atoms with Crippen molar-refractivity contribution in [2.45, 2.75) is 31.1 Å². The minimum atomic E-state index is -3.61. The summed E-state index contributed by atoms with van der Waals surface area (Å²) in [6, 6.07) is 11.0. The number of hydrogen-bond donors (Lipinski definition) is 2. The van der Waals surface area contributed by atoms with Crippen LogP contribution in [-0.2, 0) is 10.0 Å². The average Bonchev–Trinajstić information content (AvgIpc) is 3.06. The summed E-state index contributed by atoms with van der Waals surface area (Å²) in [7, 11) is -3.61. The van der Waals surface area contributed by atoms with Gasteiger partial charge >= 0.3 is 0 Å². The Bertz CT molecular complexity index is 964. The summed E-state index contributed by atoms with van der Waals surface area (Å²) >= 11 is 0. The summed E-state index contributed by atoms with van der Waals surface area (Å²) in [6.07, 6.45) is 5.45. The second-order valence-electron chi connectivity index (χ2n) is 6.98. The molecular formula is C20H22N2O2S. The number of anilines is 2. The first-order valence-corrected chi connectivity index (χ1v) is 10.1. The van der Waals surface area contributed by atoms with Crippen LogP contribution in [0.15, 0.2) is 53.4 Å². The van der Waals surface area contributed by atoms with Crippen LogP contribution < -0.4 is 10.0 Å². The number of aryl methyl sites for hydroxylation is 2. The van der Waals surface area contributed by atoms with Crippen LogP contribution in [0.2, 0.25) is 0 Å². The quantitative estimate of drug-likeness (QED) is 0.813. The van der Waals surface area contributed by atoms with Gasteiger partial charge in [-0.25, -0.2) is 8.42 Å². The molecule has 1 aliphatic heterocycles. The molecule has 0 radical (unpaired) electrons. The van der Waals surface area contributed by atoms with E-state index in [4.69, 9.17) is 0 Å². The van der Waals surface area contributed by atoms with Crippen LogP contribution in [0.1, 0.15) is 29.0 Å². The molecule has 130 valence electrons. The standard InChI is InChI=1S/C20H22N2O2S/c1-13-6-7-16(10-14(13)2)22-25(23,24)17-8-9-20-19(11-17)18-5-3-4-15(18)12-21-20/h3,5-11,15,18,21-22H,4,12H2,1-2H3. The van der Waals surface area contributed by atoms with Crippen LogP contribution in [0.25, 0.3) is 0 Å². The van der Waals surface area contributed by atoms with Gasteiger partial charge in [0.25, 0.3) is 10.0 Å². The molecule has 5 heteroatoms. The molecule has 1 heterocycles. The number of fused-ring (bicyclic) bond motifs is 3. The van der Waals surface area contributed by atoms with Gasteiger partial charge in [0.15, 0.2) is 0 Å². The van der Waals surface area contributed by atoms with Crippen molar-refractivity contribution in [3.8, 4) is 0 Å². The minimum Gasteiger partial charge on any atom is -0.384 e. The molecule has 2 aliphatic rings. The lowest BCUT2D eigenvalue weighted by Gasteiger charge is -2.29. The van der Waals surface area contributed by atoms with Gasteiger partial charge in [-0.3, -0.25) is 4.72 Å². The Morgan fingerprint density at radius 1 is 1.08 bits per heavy atom. The zero-order valence-corrected chi connectivity index (χ0v) is 15.2. The van der Waals surface area contributed by atoms with Crippen LogP contribution in [0.5, 0.6) is 0 Å². The van der Waals surface area contributed by atoms with E-state index in [2.05, 4.69) is 22.2 Å². The number of nitrogens with one attached hydrogen (secondary N) is 2. The Morgan fingerprint density at radius 3 is 2.72 bits per heavy atom. The number of rotatable bonds is 3. The first-order chi connectivity index (χ1) is 11.9. The van der Waals surface area contributed by atoms with E-state index in [0.717, 1.165) is 35.3 Å². The summed E-state index contributed by atoms with van der Waals surface area (Å²) in [4.78, 5) is 0.312. The maximum atomic E-state index is 12.8. The van der Waals surface area contributed by atoms with E-state index in [9.17, 15) is 8.42 Å². The van der Waals surface area contributed by atoms with E-state index in [-0.39, 0.29) is 0 Å². The third-order valence-electron chi connectivity index (χ3n) is 5.30. The lowest BCUT2D eigenvalue weighted by atomic mass is 9.85. The summed E-state index contributed by atoms with van der Waals surface area (Å²) in [6.45, 7) is 4.93. The molecule has 2 N–H and O–H groups in total. The number of hydrogen-bond acceptors (Lipinski definition) is 3. The van der Waals surface area contributed by atoms with Crippen LogP contribution >= 0.6 is 0 Å². The van der Waals surface area contributed by atoms with Gasteiger partial charge in [-0.05, 0) is 73.2 Å². The second kappa shape index (κ2) is 5.92. The molecule has 2 unspecified atom stereocenters. The predicted octanol–water partition coefficient (Wildman–Crippen LogP) is 4.19. The second-order valence-corrected chi connectivity index (χ2v) is 8.67. The van der Waals surface area contributed by atoms with E-state index in [1.165, 1.54) is 0 Å². The van der Waals surface area contributed by atoms with Crippen molar-refractivity contribution in [1.82, 2.24) is 0 Å². The minimum absolute atomic E-state index is 0.312. The molecule has 0 bridgehead atoms. The van der Waals surface area contributed by atoms with Gasteiger partial charge in [0.1, 0.15) is 0 Å². The molecule has 2 atom stereocenters. The van der Waals surface area contributed by atoms with Gasteiger partial charge in [0.05, 0.1) is 4.90 Å². The van der Waals surface area contributed by atoms with Gasteiger partial charge in [-0.15, -0.1) is 0 Å². The van der Waals surface area contributed by atoms with Gasteiger partial charge < -0.3 is 5.32 Å². The highest BCUT2D eigenvalue weighted by Crippen LogP contribution is 2.42. The Kier molecular flexibility index (Phi) is 3.84. The molecule has 2 aromatic rings. The van der Waals surface area contributed by atoms with Crippen molar-refractivity contribution >= 4 is 21.4 Å². The third kappa shape index (κ3) is 2.93. The van der Waals surface area contributed by atoms with Crippen molar-refractivity contribution in [3.63, 3.8) is 0 Å². The predicted molar refractivity (Wildman–Crippen MR) is 102 cm³/mol. The summed E-state index contributed by atoms with van der Waals surface area (Å²) in [5.74, 6) is 0.839. The Hall–Kier alpha value is -2.27. The first kappa shape index (κ1) is 16.2. The van der Waals surface area contributed by atoms with Crippen molar-refractivity contribution in [3.05, 3.63) is 65.2 Å². The van der Waals surface area contributed by atoms with Gasteiger partial charge in [0.2, 0.25) is 0 Å². The third-order valence-corrected chi connectivity index (χ3v) is 6.68. The molecule has 0 amide bonds. The lowest BCUT2D eigenvalue weighted by molar-refractivity contribution is 0.521. The van der Waals surface area contributed by atoms with Crippen molar-refractivity contribution in [2.24, 2.45) is 5.92 Å². The lowest BCUT2D eigenvalue weighted by Crippen LogP contribution is -2.25. The molecular weight excluding hydrogens is 332 g/mol. The van der Waals surface area contributed by atoms with Crippen molar-refractivity contribution in [1.29, 1.82) is 0 Å². The monoisotopic (exact) mass is 354 g/mol. The number of sulfonamides is 1. The van der Waals surface area contributed by atoms with Crippen molar-refractivity contribution in [2.75, 3.05) is 16.6 Å². The molecule has 4 rings (SSSR count). The smallest absolute Gasteiger partial charge is 0.261 e. The summed E-state index contributed by atoms with van der Waals surface area (Å²) in [5.41, 5.74) is 4.92. The average molecular weight is 354 g/mol. The van der Waals surface area contributed by atoms with E-state index in [1.54, 1.807) is 12.1 Å². The molecule has 1 aliphatic carbocycles. The molecule has 0 fully saturated rings. The fourth-order valence-corrected chi connectivity index (χ4v) is 4.76. The Labute approximate surface area is 149 Å². The highest BCUT2D eigenvalue weighted by molar-refractivity contribution is 7.92. The number of allylic oxidation sites excluding steroid dienone is 2. The Morgan fingerprint density at radius 2 is 1.92 bits per heavy atom. The van der Waals surface area contributed by atoms with E-state index < -0.39 is 10.0 Å². The zero-order chi connectivity index (χ0) is 17.6. The zero-order valence-electron chi connectivity index (χ0n) is 14.4. The first-order valence-electron chi connectivity index (χ1n) is 8.58. The molecule has 2 aromatic carbocycles. The SMILES string of the molecule is Cc1ccc(NS(=O)(=O)c2ccc3c(c2)C2C=CCC2CN3)cc1C. The maximum absolute atomic E-state index is 12.8. The summed E-state index contributed by atoms with van der Waals surface area (Å²) in [5, 5.41) is 3.42. The van der Waals surface area contributed by atoms with E-state index in [0.29, 0.717) is 22.4 Å². The van der Waals surface area contributed by atoms with Gasteiger partial charge in [0, 0.05) is 23.8 Å². The van der Waals surface area contributed by atoms with Crippen LogP contribution in [0.3, 0.4) is 0 Å². The molecule has 0 saturated heterocycles. The fourth-order valence-electron chi connectivity index (χ4n) is 3.68. The maximum Gasteiger partial charge on any atom is 0.261 e. The molecule has 0 saturated carbocycles.